The molecule has 80 valence electrons. The molecule has 0 saturated heterocycles. The summed E-state index contributed by atoms with van der Waals surface area (Å²) in [5, 5.41) is 10.9. The van der Waals surface area contributed by atoms with Crippen molar-refractivity contribution in [3.63, 3.8) is 0 Å². The number of carboxylic acid groups (broad SMARTS) is 1. The first-order valence-electron chi connectivity index (χ1n) is 4.31. The van der Waals surface area contributed by atoms with Gasteiger partial charge in [0.1, 0.15) is 5.82 Å². The highest BCUT2D eigenvalue weighted by molar-refractivity contribution is 5.68. The molecular weight excluding hydrogens is 201 g/mol. The Morgan fingerprint density at radius 1 is 1.53 bits per heavy atom. The molecular formula is C10H10FNO3. The van der Waals surface area contributed by atoms with Crippen LogP contribution in [0.25, 0.3) is 0 Å². The summed E-state index contributed by atoms with van der Waals surface area (Å²) >= 11 is 0. The maximum atomic E-state index is 13.3. The van der Waals surface area contributed by atoms with E-state index in [1.807, 2.05) is 0 Å². The molecule has 1 rings (SSSR count). The first-order valence-corrected chi connectivity index (χ1v) is 4.31. The highest BCUT2D eigenvalue weighted by atomic mass is 19.1. The number of halogens is 1. The quantitative estimate of drug-likeness (QED) is 0.716. The van der Waals surface area contributed by atoms with E-state index in [-0.39, 0.29) is 12.0 Å². The highest BCUT2D eigenvalue weighted by Gasteiger charge is 2.17. The van der Waals surface area contributed by atoms with Gasteiger partial charge in [-0.3, -0.25) is 9.59 Å². The van der Waals surface area contributed by atoms with Gasteiger partial charge in [0.15, 0.2) is 0 Å². The fourth-order valence-electron chi connectivity index (χ4n) is 1.27. The smallest absolute Gasteiger partial charge is 0.305 e. The Morgan fingerprint density at radius 2 is 2.20 bits per heavy atom. The summed E-state index contributed by atoms with van der Waals surface area (Å²) in [5.41, 5.74) is 0.173. The third-order valence-electron chi connectivity index (χ3n) is 1.93. The van der Waals surface area contributed by atoms with Crippen molar-refractivity contribution in [2.24, 2.45) is 0 Å². The molecule has 0 aliphatic carbocycles. The highest BCUT2D eigenvalue weighted by Crippen LogP contribution is 2.19. The van der Waals surface area contributed by atoms with Gasteiger partial charge in [-0.15, -0.1) is 0 Å². The minimum absolute atomic E-state index is 0.173. The molecule has 0 aliphatic heterocycles. The monoisotopic (exact) mass is 211 g/mol. The molecule has 0 aliphatic rings. The lowest BCUT2D eigenvalue weighted by Gasteiger charge is -2.14. The number of hydrogen-bond donors (Lipinski definition) is 2. The van der Waals surface area contributed by atoms with Crippen molar-refractivity contribution >= 4 is 12.4 Å². The molecule has 1 amide bonds. The Morgan fingerprint density at radius 3 is 2.73 bits per heavy atom. The lowest BCUT2D eigenvalue weighted by atomic mass is 10.0. The van der Waals surface area contributed by atoms with Crippen molar-refractivity contribution in [2.75, 3.05) is 0 Å². The second kappa shape index (κ2) is 5.09. The van der Waals surface area contributed by atoms with Gasteiger partial charge in [-0.1, -0.05) is 18.2 Å². The average molecular weight is 211 g/mol. The number of hydrogen-bond acceptors (Lipinski definition) is 2. The summed E-state index contributed by atoms with van der Waals surface area (Å²) in [6, 6.07) is 4.91. The van der Waals surface area contributed by atoms with Crippen molar-refractivity contribution < 1.29 is 19.1 Å². The predicted molar refractivity (Wildman–Crippen MR) is 50.6 cm³/mol. The van der Waals surface area contributed by atoms with Crippen molar-refractivity contribution in [3.05, 3.63) is 35.6 Å². The second-order valence-corrected chi connectivity index (χ2v) is 2.96. The van der Waals surface area contributed by atoms with E-state index >= 15 is 0 Å². The van der Waals surface area contributed by atoms with Crippen LogP contribution in [0.2, 0.25) is 0 Å². The van der Waals surface area contributed by atoms with Gasteiger partial charge >= 0.3 is 5.97 Å². The molecule has 0 saturated carbocycles. The third kappa shape index (κ3) is 3.05. The lowest BCUT2D eigenvalue weighted by Crippen LogP contribution is -2.23. The lowest BCUT2D eigenvalue weighted by molar-refractivity contribution is -0.137. The van der Waals surface area contributed by atoms with Crippen LogP contribution in [-0.4, -0.2) is 17.5 Å². The topological polar surface area (TPSA) is 66.4 Å². The van der Waals surface area contributed by atoms with Crippen LogP contribution < -0.4 is 5.32 Å². The molecule has 0 fully saturated rings. The van der Waals surface area contributed by atoms with Crippen LogP contribution in [0.15, 0.2) is 24.3 Å². The Balaban J connectivity index is 2.92. The van der Waals surface area contributed by atoms with Crippen LogP contribution in [0.5, 0.6) is 0 Å². The van der Waals surface area contributed by atoms with Crippen LogP contribution in [0.1, 0.15) is 18.0 Å². The maximum Gasteiger partial charge on any atom is 0.305 e. The number of carboxylic acids is 1. The van der Waals surface area contributed by atoms with Crippen LogP contribution in [0, 0.1) is 5.82 Å². The van der Waals surface area contributed by atoms with E-state index in [0.29, 0.717) is 6.41 Å². The van der Waals surface area contributed by atoms with E-state index in [9.17, 15) is 14.0 Å². The van der Waals surface area contributed by atoms with Gasteiger partial charge in [0.25, 0.3) is 0 Å². The molecule has 0 heterocycles. The fourth-order valence-corrected chi connectivity index (χ4v) is 1.27. The summed E-state index contributed by atoms with van der Waals surface area (Å²) in [6.45, 7) is 0. The normalized spacial score (nSPS) is 11.8. The number of aliphatic carboxylic acids is 1. The Labute approximate surface area is 85.7 Å². The molecule has 0 spiro atoms. The summed E-state index contributed by atoms with van der Waals surface area (Å²) < 4.78 is 13.3. The van der Waals surface area contributed by atoms with Crippen LogP contribution in [0.3, 0.4) is 0 Å². The summed E-state index contributed by atoms with van der Waals surface area (Å²) in [6.07, 6.45) is 0.0136. The minimum atomic E-state index is -1.10. The van der Waals surface area contributed by atoms with Crippen LogP contribution in [0.4, 0.5) is 4.39 Å². The Bertz CT molecular complexity index is 367. The van der Waals surface area contributed by atoms with Gasteiger partial charge < -0.3 is 10.4 Å². The van der Waals surface area contributed by atoms with Gasteiger partial charge in [-0.2, -0.15) is 0 Å². The zero-order valence-corrected chi connectivity index (χ0v) is 7.81. The predicted octanol–water partition coefficient (Wildman–Crippen LogP) is 1.09. The average Bonchev–Trinajstić information content (AvgIpc) is 2.17. The maximum absolute atomic E-state index is 13.3. The standard InChI is InChI=1S/C10H10FNO3/c11-8-4-2-1-3-7(8)9(12-6-13)5-10(14)15/h1-4,6,9H,5H2,(H,12,13)(H,14,15)/t9-/m0/s1. The second-order valence-electron chi connectivity index (χ2n) is 2.96. The molecule has 5 heteroatoms. The fraction of sp³-hybridized carbons (Fsp3) is 0.200. The zero-order valence-electron chi connectivity index (χ0n) is 7.81. The van der Waals surface area contributed by atoms with Gasteiger partial charge in [-0.25, -0.2) is 4.39 Å². The largest absolute Gasteiger partial charge is 0.481 e. The molecule has 0 unspecified atom stereocenters. The van der Waals surface area contributed by atoms with Crippen molar-refractivity contribution in [1.82, 2.24) is 5.32 Å². The first kappa shape index (κ1) is 11.2. The van der Waals surface area contributed by atoms with Crippen molar-refractivity contribution in [3.8, 4) is 0 Å². The molecule has 2 N–H and O–H groups in total. The number of carbonyl (C=O) groups is 2. The molecule has 1 aromatic rings. The van der Waals surface area contributed by atoms with Gasteiger partial charge in [0.05, 0.1) is 12.5 Å². The SMILES string of the molecule is O=CN[C@@H](CC(=O)O)c1ccccc1F. The van der Waals surface area contributed by atoms with Crippen LogP contribution >= 0.6 is 0 Å². The minimum Gasteiger partial charge on any atom is -0.481 e. The van der Waals surface area contributed by atoms with Crippen molar-refractivity contribution in [1.29, 1.82) is 0 Å². The molecule has 15 heavy (non-hydrogen) atoms. The molecule has 0 radical (unpaired) electrons. The molecule has 1 aromatic carbocycles. The Hall–Kier alpha value is -1.91. The third-order valence-corrected chi connectivity index (χ3v) is 1.93. The molecule has 0 aromatic heterocycles. The van der Waals surface area contributed by atoms with Gasteiger partial charge in [-0.05, 0) is 6.07 Å². The van der Waals surface area contributed by atoms with E-state index in [0.717, 1.165) is 0 Å². The molecule has 0 bridgehead atoms. The number of nitrogens with one attached hydrogen (secondary N) is 1. The van der Waals surface area contributed by atoms with E-state index in [1.54, 1.807) is 6.07 Å². The first-order chi connectivity index (χ1) is 7.15. The zero-order chi connectivity index (χ0) is 11.3. The van der Waals surface area contributed by atoms with Crippen LogP contribution in [-0.2, 0) is 9.59 Å². The molecule has 4 nitrogen and oxygen atoms in total. The summed E-state index contributed by atoms with van der Waals surface area (Å²) in [5.74, 6) is -1.63. The number of benzene rings is 1. The molecule has 1 atom stereocenters. The number of carbonyl (C=O) groups excluding carboxylic acids is 1. The van der Waals surface area contributed by atoms with E-state index in [2.05, 4.69) is 5.32 Å². The van der Waals surface area contributed by atoms with Gasteiger partial charge in [0, 0.05) is 5.56 Å². The number of rotatable bonds is 5. The van der Waals surface area contributed by atoms with Crippen molar-refractivity contribution in [2.45, 2.75) is 12.5 Å². The summed E-state index contributed by atoms with van der Waals surface area (Å²) in [7, 11) is 0. The van der Waals surface area contributed by atoms with E-state index < -0.39 is 17.8 Å². The van der Waals surface area contributed by atoms with E-state index in [1.165, 1.54) is 18.2 Å². The van der Waals surface area contributed by atoms with Gasteiger partial charge in [0.2, 0.25) is 6.41 Å². The van der Waals surface area contributed by atoms with E-state index in [4.69, 9.17) is 5.11 Å². The summed E-state index contributed by atoms with van der Waals surface area (Å²) in [4.78, 5) is 20.7. The number of amides is 1. The Kier molecular flexibility index (Phi) is 3.79.